The van der Waals surface area contributed by atoms with Gasteiger partial charge in [0.1, 0.15) is 22.8 Å². The third-order valence-corrected chi connectivity index (χ3v) is 2.51. The highest BCUT2D eigenvalue weighted by molar-refractivity contribution is 5.91. The van der Waals surface area contributed by atoms with Crippen LogP contribution < -0.4 is 9.47 Å². The second kappa shape index (κ2) is 5.39. The van der Waals surface area contributed by atoms with Crippen LogP contribution in [0, 0.1) is 6.92 Å². The van der Waals surface area contributed by atoms with E-state index in [0.717, 1.165) is 5.69 Å². The summed E-state index contributed by atoms with van der Waals surface area (Å²) in [5.74, 6) is 0.203. The average Bonchev–Trinajstić information content (AvgIpc) is 2.39. The van der Waals surface area contributed by atoms with Crippen molar-refractivity contribution in [2.75, 3.05) is 7.11 Å². The molecule has 1 N–H and O–H groups in total. The number of methoxy groups -OCH3 is 1. The lowest BCUT2D eigenvalue weighted by atomic mass is 10.2. The number of pyridine rings is 1. The predicted molar refractivity (Wildman–Crippen MR) is 69.0 cm³/mol. The van der Waals surface area contributed by atoms with Crippen molar-refractivity contribution in [1.29, 1.82) is 0 Å². The van der Waals surface area contributed by atoms with Crippen LogP contribution in [0.25, 0.3) is 0 Å². The topological polar surface area (TPSA) is 68.7 Å². The van der Waals surface area contributed by atoms with Crippen molar-refractivity contribution in [1.82, 2.24) is 4.98 Å². The van der Waals surface area contributed by atoms with Crippen molar-refractivity contribution in [3.8, 4) is 17.2 Å². The van der Waals surface area contributed by atoms with E-state index in [0.29, 0.717) is 11.5 Å². The monoisotopic (exact) mass is 259 g/mol. The number of rotatable bonds is 4. The van der Waals surface area contributed by atoms with Crippen LogP contribution in [0.2, 0.25) is 0 Å². The largest absolute Gasteiger partial charge is 0.497 e. The van der Waals surface area contributed by atoms with Crippen LogP contribution in [0.15, 0.2) is 36.5 Å². The number of nitrogens with zero attached hydrogens (tertiary/aromatic N) is 1. The van der Waals surface area contributed by atoms with Crippen molar-refractivity contribution in [3.05, 3.63) is 47.8 Å². The maximum absolute atomic E-state index is 11.2. The van der Waals surface area contributed by atoms with E-state index in [2.05, 4.69) is 4.98 Å². The average molecular weight is 259 g/mol. The van der Waals surface area contributed by atoms with E-state index < -0.39 is 5.97 Å². The number of aromatic nitrogens is 1. The van der Waals surface area contributed by atoms with Gasteiger partial charge in [-0.15, -0.1) is 0 Å². The number of ether oxygens (including phenoxy) is 2. The number of hydrogen-bond donors (Lipinski definition) is 1. The van der Waals surface area contributed by atoms with Gasteiger partial charge in [0.15, 0.2) is 0 Å². The van der Waals surface area contributed by atoms with Gasteiger partial charge in [-0.25, -0.2) is 4.79 Å². The number of aryl methyl sites for hydroxylation is 1. The summed E-state index contributed by atoms with van der Waals surface area (Å²) >= 11 is 0. The molecule has 0 bridgehead atoms. The highest BCUT2D eigenvalue weighted by atomic mass is 16.5. The van der Waals surface area contributed by atoms with Crippen molar-refractivity contribution < 1.29 is 19.4 Å². The van der Waals surface area contributed by atoms with E-state index in [1.54, 1.807) is 30.5 Å². The molecule has 0 aliphatic carbocycles. The maximum Gasteiger partial charge on any atom is 0.339 e. The van der Waals surface area contributed by atoms with Crippen LogP contribution in [0.3, 0.4) is 0 Å². The lowest BCUT2D eigenvalue weighted by Gasteiger charge is -2.10. The van der Waals surface area contributed by atoms with E-state index in [1.807, 2.05) is 6.92 Å². The summed E-state index contributed by atoms with van der Waals surface area (Å²) in [6.45, 7) is 1.83. The number of hydrogen-bond acceptors (Lipinski definition) is 4. The highest BCUT2D eigenvalue weighted by Crippen LogP contribution is 2.28. The first-order valence-corrected chi connectivity index (χ1v) is 5.62. The fourth-order valence-corrected chi connectivity index (χ4v) is 1.60. The zero-order valence-electron chi connectivity index (χ0n) is 10.6. The Morgan fingerprint density at radius 2 is 2.00 bits per heavy atom. The Hall–Kier alpha value is -2.56. The molecule has 0 saturated heterocycles. The maximum atomic E-state index is 11.2. The van der Waals surface area contributed by atoms with Gasteiger partial charge in [-0.3, -0.25) is 4.98 Å². The molecule has 0 spiro atoms. The Morgan fingerprint density at radius 1 is 1.21 bits per heavy atom. The summed E-state index contributed by atoms with van der Waals surface area (Å²) in [4.78, 5) is 15.2. The van der Waals surface area contributed by atoms with Gasteiger partial charge < -0.3 is 14.6 Å². The second-order valence-corrected chi connectivity index (χ2v) is 3.90. The molecule has 0 aliphatic heterocycles. The fourth-order valence-electron chi connectivity index (χ4n) is 1.60. The molecule has 0 amide bonds. The van der Waals surface area contributed by atoms with Gasteiger partial charge in [0.05, 0.1) is 7.11 Å². The summed E-state index contributed by atoms with van der Waals surface area (Å²) in [6, 6.07) is 8.04. The van der Waals surface area contributed by atoms with Crippen LogP contribution >= 0.6 is 0 Å². The van der Waals surface area contributed by atoms with Crippen molar-refractivity contribution in [3.63, 3.8) is 0 Å². The Balaban J connectivity index is 2.36. The normalized spacial score (nSPS) is 10.0. The Labute approximate surface area is 110 Å². The molecule has 0 unspecified atom stereocenters. The minimum Gasteiger partial charge on any atom is -0.497 e. The lowest BCUT2D eigenvalue weighted by Crippen LogP contribution is -2.01. The van der Waals surface area contributed by atoms with Crippen LogP contribution in [-0.4, -0.2) is 23.2 Å². The molecule has 98 valence electrons. The van der Waals surface area contributed by atoms with Crippen LogP contribution in [0.4, 0.5) is 0 Å². The lowest BCUT2D eigenvalue weighted by molar-refractivity contribution is 0.0693. The molecule has 0 aliphatic rings. The predicted octanol–water partition coefficient (Wildman–Crippen LogP) is 2.89. The molecule has 19 heavy (non-hydrogen) atoms. The number of carbonyl (C=O) groups is 1. The molecule has 2 rings (SSSR count). The molecule has 0 fully saturated rings. The SMILES string of the molecule is COc1ccc(Oc2ccnc(C)c2)c(C(=O)O)c1. The van der Waals surface area contributed by atoms with Gasteiger partial charge in [-0.2, -0.15) is 0 Å². The minimum atomic E-state index is -1.07. The van der Waals surface area contributed by atoms with Crippen molar-refractivity contribution >= 4 is 5.97 Å². The third kappa shape index (κ3) is 3.01. The molecule has 1 heterocycles. The molecular weight excluding hydrogens is 246 g/mol. The first-order valence-electron chi connectivity index (χ1n) is 5.62. The zero-order valence-corrected chi connectivity index (χ0v) is 10.6. The van der Waals surface area contributed by atoms with Crippen molar-refractivity contribution in [2.45, 2.75) is 6.92 Å². The van der Waals surface area contributed by atoms with Crippen LogP contribution in [0.5, 0.6) is 17.2 Å². The van der Waals surface area contributed by atoms with Gasteiger partial charge in [-0.05, 0) is 31.2 Å². The summed E-state index contributed by atoms with van der Waals surface area (Å²) in [5.41, 5.74) is 0.844. The molecular formula is C14H13NO4. The Bertz CT molecular complexity index is 610. The van der Waals surface area contributed by atoms with Crippen LogP contribution in [0.1, 0.15) is 16.1 Å². The standard InChI is InChI=1S/C14H13NO4/c1-9-7-11(5-6-15-9)19-13-4-3-10(18-2)8-12(13)14(16)17/h3-8H,1-2H3,(H,16,17). The first-order chi connectivity index (χ1) is 9.10. The van der Waals surface area contributed by atoms with Crippen molar-refractivity contribution in [2.24, 2.45) is 0 Å². The molecule has 1 aromatic carbocycles. The number of carboxylic acids is 1. The van der Waals surface area contributed by atoms with E-state index in [4.69, 9.17) is 9.47 Å². The molecule has 5 nitrogen and oxygen atoms in total. The zero-order chi connectivity index (χ0) is 13.8. The highest BCUT2D eigenvalue weighted by Gasteiger charge is 2.13. The van der Waals surface area contributed by atoms with E-state index >= 15 is 0 Å². The number of benzene rings is 1. The Kier molecular flexibility index (Phi) is 3.66. The molecule has 5 heteroatoms. The van der Waals surface area contributed by atoms with Crippen LogP contribution in [-0.2, 0) is 0 Å². The van der Waals surface area contributed by atoms with Gasteiger partial charge in [0.25, 0.3) is 0 Å². The number of aromatic carboxylic acids is 1. The fraction of sp³-hybridized carbons (Fsp3) is 0.143. The van der Waals surface area contributed by atoms with Gasteiger partial charge >= 0.3 is 5.97 Å². The van der Waals surface area contributed by atoms with E-state index in [1.165, 1.54) is 13.2 Å². The third-order valence-electron chi connectivity index (χ3n) is 2.51. The van der Waals surface area contributed by atoms with E-state index in [-0.39, 0.29) is 11.3 Å². The van der Waals surface area contributed by atoms with Gasteiger partial charge in [0, 0.05) is 18.0 Å². The van der Waals surface area contributed by atoms with Gasteiger partial charge in [-0.1, -0.05) is 0 Å². The first kappa shape index (κ1) is 12.9. The second-order valence-electron chi connectivity index (χ2n) is 3.90. The molecule has 0 saturated carbocycles. The summed E-state index contributed by atoms with van der Waals surface area (Å²) in [5, 5.41) is 9.17. The summed E-state index contributed by atoms with van der Waals surface area (Å²) in [6.07, 6.45) is 1.61. The Morgan fingerprint density at radius 3 is 2.63 bits per heavy atom. The minimum absolute atomic E-state index is 0.0498. The smallest absolute Gasteiger partial charge is 0.339 e. The van der Waals surface area contributed by atoms with Gasteiger partial charge in [0.2, 0.25) is 0 Å². The molecule has 0 atom stereocenters. The number of carboxylic acid groups (broad SMARTS) is 1. The molecule has 0 radical (unpaired) electrons. The molecule has 2 aromatic rings. The summed E-state index contributed by atoms with van der Waals surface area (Å²) in [7, 11) is 1.48. The van der Waals surface area contributed by atoms with E-state index in [9.17, 15) is 9.90 Å². The summed E-state index contributed by atoms with van der Waals surface area (Å²) < 4.78 is 10.6. The quantitative estimate of drug-likeness (QED) is 0.914. The molecule has 1 aromatic heterocycles.